The summed E-state index contributed by atoms with van der Waals surface area (Å²) in [6.07, 6.45) is 0.142. The van der Waals surface area contributed by atoms with Crippen molar-refractivity contribution in [1.82, 2.24) is 9.88 Å². The van der Waals surface area contributed by atoms with E-state index in [-0.39, 0.29) is 6.10 Å². The van der Waals surface area contributed by atoms with Crippen LogP contribution in [-0.4, -0.2) is 48.8 Å². The SMILES string of the molecule is CCOc1ccc2nc(CN3CCOC(CN)C3)ccc2c1. The van der Waals surface area contributed by atoms with Crippen molar-refractivity contribution in [2.45, 2.75) is 19.6 Å². The van der Waals surface area contributed by atoms with Crippen LogP contribution in [0.15, 0.2) is 30.3 Å². The van der Waals surface area contributed by atoms with E-state index >= 15 is 0 Å². The van der Waals surface area contributed by atoms with Gasteiger partial charge in [0.1, 0.15) is 5.75 Å². The Morgan fingerprint density at radius 1 is 1.36 bits per heavy atom. The molecule has 2 N–H and O–H groups in total. The fourth-order valence-electron chi connectivity index (χ4n) is 2.79. The highest BCUT2D eigenvalue weighted by Gasteiger charge is 2.19. The molecule has 0 radical (unpaired) electrons. The summed E-state index contributed by atoms with van der Waals surface area (Å²) < 4.78 is 11.1. The normalized spacial score (nSPS) is 19.5. The fourth-order valence-corrected chi connectivity index (χ4v) is 2.79. The molecule has 1 saturated heterocycles. The number of morpholine rings is 1. The van der Waals surface area contributed by atoms with E-state index in [9.17, 15) is 0 Å². The zero-order valence-corrected chi connectivity index (χ0v) is 13.0. The third kappa shape index (κ3) is 3.55. The maximum Gasteiger partial charge on any atom is 0.120 e. The molecule has 0 amide bonds. The van der Waals surface area contributed by atoms with Crippen LogP contribution in [0.3, 0.4) is 0 Å². The van der Waals surface area contributed by atoms with Crippen LogP contribution in [0.5, 0.6) is 5.75 Å². The Morgan fingerprint density at radius 2 is 2.27 bits per heavy atom. The van der Waals surface area contributed by atoms with E-state index in [4.69, 9.17) is 20.2 Å². The third-order valence-corrected chi connectivity index (χ3v) is 3.90. The first kappa shape index (κ1) is 15.2. The minimum absolute atomic E-state index is 0.142. The maximum atomic E-state index is 5.69. The van der Waals surface area contributed by atoms with Crippen LogP contribution in [-0.2, 0) is 11.3 Å². The van der Waals surface area contributed by atoms with Crippen LogP contribution in [0, 0.1) is 0 Å². The fraction of sp³-hybridized carbons (Fsp3) is 0.471. The summed E-state index contributed by atoms with van der Waals surface area (Å²) in [6, 6.07) is 10.2. The molecule has 1 aromatic carbocycles. The number of fused-ring (bicyclic) bond motifs is 1. The van der Waals surface area contributed by atoms with E-state index in [0.717, 1.165) is 48.6 Å². The van der Waals surface area contributed by atoms with Gasteiger partial charge in [0.05, 0.1) is 30.5 Å². The van der Waals surface area contributed by atoms with E-state index in [1.54, 1.807) is 0 Å². The predicted molar refractivity (Wildman–Crippen MR) is 87.0 cm³/mol. The van der Waals surface area contributed by atoms with Crippen molar-refractivity contribution in [3.05, 3.63) is 36.0 Å². The average molecular weight is 301 g/mol. The molecule has 5 heteroatoms. The molecule has 2 heterocycles. The van der Waals surface area contributed by atoms with Crippen LogP contribution in [0.4, 0.5) is 0 Å². The molecular weight excluding hydrogens is 278 g/mol. The van der Waals surface area contributed by atoms with E-state index in [1.165, 1.54) is 0 Å². The first-order valence-electron chi connectivity index (χ1n) is 7.85. The summed E-state index contributed by atoms with van der Waals surface area (Å²) in [5, 5.41) is 1.11. The Balaban J connectivity index is 1.73. The molecule has 3 rings (SSSR count). The number of hydrogen-bond donors (Lipinski definition) is 1. The molecule has 118 valence electrons. The monoisotopic (exact) mass is 301 g/mol. The number of ether oxygens (including phenoxy) is 2. The Kier molecular flexibility index (Phi) is 4.87. The van der Waals surface area contributed by atoms with Gasteiger partial charge in [0, 0.05) is 31.6 Å². The molecule has 0 spiro atoms. The van der Waals surface area contributed by atoms with Crippen molar-refractivity contribution in [2.75, 3.05) is 32.8 Å². The Hall–Kier alpha value is -1.69. The molecule has 5 nitrogen and oxygen atoms in total. The van der Waals surface area contributed by atoms with Gasteiger partial charge < -0.3 is 15.2 Å². The average Bonchev–Trinajstić information content (AvgIpc) is 2.55. The molecule has 0 bridgehead atoms. The highest BCUT2D eigenvalue weighted by Crippen LogP contribution is 2.20. The van der Waals surface area contributed by atoms with Crippen LogP contribution in [0.1, 0.15) is 12.6 Å². The molecular formula is C17H23N3O2. The molecule has 1 aliphatic rings. The number of pyridine rings is 1. The summed E-state index contributed by atoms with van der Waals surface area (Å²) in [4.78, 5) is 7.10. The van der Waals surface area contributed by atoms with Crippen molar-refractivity contribution in [3.63, 3.8) is 0 Å². The van der Waals surface area contributed by atoms with Gasteiger partial charge in [-0.15, -0.1) is 0 Å². The van der Waals surface area contributed by atoms with Gasteiger partial charge in [-0.1, -0.05) is 6.07 Å². The summed E-state index contributed by atoms with van der Waals surface area (Å²) in [5.41, 5.74) is 7.78. The second-order valence-corrected chi connectivity index (χ2v) is 5.55. The number of rotatable bonds is 5. The standard InChI is InChI=1S/C17H23N3O2/c1-2-21-15-5-6-17-13(9-15)3-4-14(19-17)11-20-7-8-22-16(10-18)12-20/h3-6,9,16H,2,7-8,10-12,18H2,1H3. The lowest BCUT2D eigenvalue weighted by molar-refractivity contribution is -0.0263. The summed E-state index contributed by atoms with van der Waals surface area (Å²) >= 11 is 0. The quantitative estimate of drug-likeness (QED) is 0.912. The molecule has 1 fully saturated rings. The molecule has 1 aliphatic heterocycles. The second kappa shape index (κ2) is 7.05. The van der Waals surface area contributed by atoms with E-state index in [0.29, 0.717) is 13.2 Å². The zero-order valence-electron chi connectivity index (χ0n) is 13.0. The molecule has 1 atom stereocenters. The topological polar surface area (TPSA) is 60.6 Å². The van der Waals surface area contributed by atoms with Gasteiger partial charge >= 0.3 is 0 Å². The number of nitrogens with zero attached hydrogens (tertiary/aromatic N) is 2. The van der Waals surface area contributed by atoms with Crippen molar-refractivity contribution in [2.24, 2.45) is 5.73 Å². The van der Waals surface area contributed by atoms with Crippen molar-refractivity contribution >= 4 is 10.9 Å². The Labute approximate surface area is 131 Å². The number of nitrogens with two attached hydrogens (primary N) is 1. The third-order valence-electron chi connectivity index (χ3n) is 3.90. The van der Waals surface area contributed by atoms with E-state index < -0.39 is 0 Å². The van der Waals surface area contributed by atoms with Crippen molar-refractivity contribution in [1.29, 1.82) is 0 Å². The lowest BCUT2D eigenvalue weighted by Gasteiger charge is -2.32. The largest absolute Gasteiger partial charge is 0.494 e. The molecule has 22 heavy (non-hydrogen) atoms. The highest BCUT2D eigenvalue weighted by atomic mass is 16.5. The van der Waals surface area contributed by atoms with Crippen LogP contribution < -0.4 is 10.5 Å². The van der Waals surface area contributed by atoms with Gasteiger partial charge in [-0.2, -0.15) is 0 Å². The predicted octanol–water partition coefficient (Wildman–Crippen LogP) is 1.79. The minimum Gasteiger partial charge on any atom is -0.494 e. The van der Waals surface area contributed by atoms with Crippen molar-refractivity contribution in [3.8, 4) is 5.75 Å². The highest BCUT2D eigenvalue weighted by molar-refractivity contribution is 5.80. The Morgan fingerprint density at radius 3 is 3.09 bits per heavy atom. The molecule has 1 unspecified atom stereocenters. The van der Waals surface area contributed by atoms with Gasteiger partial charge in [0.15, 0.2) is 0 Å². The Bertz CT molecular complexity index is 632. The summed E-state index contributed by atoms with van der Waals surface area (Å²) in [6.45, 7) is 6.62. The van der Waals surface area contributed by atoms with Crippen LogP contribution in [0.2, 0.25) is 0 Å². The molecule has 0 aliphatic carbocycles. The molecule has 0 saturated carbocycles. The first-order chi connectivity index (χ1) is 10.8. The lowest BCUT2D eigenvalue weighted by atomic mass is 10.2. The number of aromatic nitrogens is 1. The van der Waals surface area contributed by atoms with E-state index in [2.05, 4.69) is 17.0 Å². The van der Waals surface area contributed by atoms with Gasteiger partial charge in [-0.25, -0.2) is 0 Å². The summed E-state index contributed by atoms with van der Waals surface area (Å²) in [5.74, 6) is 0.892. The zero-order chi connectivity index (χ0) is 15.4. The first-order valence-corrected chi connectivity index (χ1v) is 7.85. The van der Waals surface area contributed by atoms with Gasteiger partial charge in [-0.3, -0.25) is 9.88 Å². The molecule has 1 aromatic heterocycles. The van der Waals surface area contributed by atoms with Gasteiger partial charge in [-0.05, 0) is 31.2 Å². The summed E-state index contributed by atoms with van der Waals surface area (Å²) in [7, 11) is 0. The lowest BCUT2D eigenvalue weighted by Crippen LogP contribution is -2.45. The number of hydrogen-bond acceptors (Lipinski definition) is 5. The van der Waals surface area contributed by atoms with Crippen LogP contribution in [0.25, 0.3) is 10.9 Å². The molecule has 2 aromatic rings. The maximum absolute atomic E-state index is 5.69. The van der Waals surface area contributed by atoms with Gasteiger partial charge in [0.25, 0.3) is 0 Å². The van der Waals surface area contributed by atoms with E-state index in [1.807, 2.05) is 25.1 Å². The van der Waals surface area contributed by atoms with Gasteiger partial charge in [0.2, 0.25) is 0 Å². The minimum atomic E-state index is 0.142. The van der Waals surface area contributed by atoms with Crippen molar-refractivity contribution < 1.29 is 9.47 Å². The smallest absolute Gasteiger partial charge is 0.120 e. The number of benzene rings is 1. The second-order valence-electron chi connectivity index (χ2n) is 5.55. The van der Waals surface area contributed by atoms with Crippen LogP contribution >= 0.6 is 0 Å².